The molecule has 0 unspecified atom stereocenters. The minimum absolute atomic E-state index is 0.0842. The summed E-state index contributed by atoms with van der Waals surface area (Å²) in [5, 5.41) is 11.9. The van der Waals surface area contributed by atoms with Gasteiger partial charge in [0.1, 0.15) is 6.10 Å². The Hall–Kier alpha value is -2.44. The van der Waals surface area contributed by atoms with Crippen LogP contribution in [0.2, 0.25) is 0 Å². The molecule has 0 aromatic heterocycles. The second-order valence-corrected chi connectivity index (χ2v) is 9.20. The van der Waals surface area contributed by atoms with E-state index in [0.717, 1.165) is 12.0 Å². The van der Waals surface area contributed by atoms with E-state index >= 15 is 0 Å². The highest BCUT2D eigenvalue weighted by atomic mass is 16.5. The van der Waals surface area contributed by atoms with Crippen LogP contribution in [0, 0.1) is 0 Å². The Labute approximate surface area is 185 Å². The monoisotopic (exact) mass is 429 g/mol. The van der Waals surface area contributed by atoms with E-state index < -0.39 is 22.6 Å². The van der Waals surface area contributed by atoms with Gasteiger partial charge in [0.2, 0.25) is 11.6 Å². The molecule has 0 spiro atoms. The van der Waals surface area contributed by atoms with Gasteiger partial charge in [-0.25, -0.2) is 0 Å². The number of benzene rings is 1. The van der Waals surface area contributed by atoms with E-state index in [4.69, 9.17) is 9.47 Å². The molecule has 0 atom stereocenters. The number of hydroxylamine groups is 2. The van der Waals surface area contributed by atoms with Crippen molar-refractivity contribution in [2.45, 2.75) is 77.5 Å². The zero-order chi connectivity index (χ0) is 23.2. The Morgan fingerprint density at radius 2 is 1.77 bits per heavy atom. The van der Waals surface area contributed by atoms with Crippen molar-refractivity contribution in [2.24, 2.45) is 0 Å². The average Bonchev–Trinajstić information content (AvgIpc) is 2.70. The molecule has 0 aliphatic carbocycles. The van der Waals surface area contributed by atoms with Crippen molar-refractivity contribution < 1.29 is 24.3 Å². The maximum Gasteiger partial charge on any atom is 0.221 e. The molecule has 0 saturated carbocycles. The number of carbonyl (C=O) groups is 2. The molecule has 170 valence electrons. The maximum atomic E-state index is 12.0. The lowest BCUT2D eigenvalue weighted by molar-refractivity contribution is -0.254. The molecule has 1 aliphatic heterocycles. The predicted octanol–water partition coefficient (Wildman–Crippen LogP) is 4.99. The number of methoxy groups -OCH3 is 1. The van der Waals surface area contributed by atoms with Crippen LogP contribution in [-0.4, -0.2) is 46.1 Å². The third kappa shape index (κ3) is 6.52. The first-order chi connectivity index (χ1) is 14.5. The molecular weight excluding hydrogens is 394 g/mol. The summed E-state index contributed by atoms with van der Waals surface area (Å²) < 4.78 is 11.7. The number of rotatable bonds is 9. The molecule has 31 heavy (non-hydrogen) atoms. The zero-order valence-electron chi connectivity index (χ0n) is 19.5. The van der Waals surface area contributed by atoms with Gasteiger partial charge in [0.25, 0.3) is 0 Å². The van der Waals surface area contributed by atoms with Gasteiger partial charge in [-0.3, -0.25) is 9.59 Å². The van der Waals surface area contributed by atoms with Gasteiger partial charge in [-0.05, 0) is 57.9 Å². The van der Waals surface area contributed by atoms with Crippen molar-refractivity contribution in [3.05, 3.63) is 42.0 Å². The van der Waals surface area contributed by atoms with Crippen molar-refractivity contribution in [1.82, 2.24) is 5.06 Å². The van der Waals surface area contributed by atoms with Crippen LogP contribution in [0.4, 0.5) is 0 Å². The summed E-state index contributed by atoms with van der Waals surface area (Å²) in [5.74, 6) is 0.192. The Morgan fingerprint density at radius 3 is 2.35 bits per heavy atom. The summed E-state index contributed by atoms with van der Waals surface area (Å²) in [5.41, 5.74) is -0.0939. The first-order valence-electron chi connectivity index (χ1n) is 10.7. The molecule has 1 saturated heterocycles. The van der Waals surface area contributed by atoms with Crippen molar-refractivity contribution in [2.75, 3.05) is 7.11 Å². The first-order valence-corrected chi connectivity index (χ1v) is 10.7. The van der Waals surface area contributed by atoms with Crippen molar-refractivity contribution in [3.63, 3.8) is 0 Å². The number of nitrogens with zero attached hydrogens (tertiary/aromatic N) is 1. The fraction of sp³-hybridized carbons (Fsp3) is 0.520. The predicted molar refractivity (Wildman–Crippen MR) is 122 cm³/mol. The van der Waals surface area contributed by atoms with Crippen LogP contribution < -0.4 is 9.47 Å². The SMILES string of the molecule is CC/C=C\CC(=O)C(=O)/C=C/c1ccc(OC2CC(C)(C)N(O)C(C)(C)C2)c(OC)c1. The Morgan fingerprint density at radius 1 is 1.13 bits per heavy atom. The molecule has 1 aromatic carbocycles. The molecular formula is C25H35NO5. The van der Waals surface area contributed by atoms with Crippen LogP contribution in [0.25, 0.3) is 6.08 Å². The van der Waals surface area contributed by atoms with Gasteiger partial charge in [-0.15, -0.1) is 0 Å². The van der Waals surface area contributed by atoms with Crippen LogP contribution in [0.15, 0.2) is 36.4 Å². The van der Waals surface area contributed by atoms with Crippen LogP contribution >= 0.6 is 0 Å². The summed E-state index contributed by atoms with van der Waals surface area (Å²) >= 11 is 0. The highest BCUT2D eigenvalue weighted by Gasteiger charge is 2.46. The van der Waals surface area contributed by atoms with Gasteiger partial charge >= 0.3 is 0 Å². The van der Waals surface area contributed by atoms with E-state index in [9.17, 15) is 14.8 Å². The molecule has 1 aliphatic rings. The smallest absolute Gasteiger partial charge is 0.221 e. The van der Waals surface area contributed by atoms with Crippen LogP contribution in [0.1, 0.15) is 65.9 Å². The molecule has 0 radical (unpaired) electrons. The molecule has 6 nitrogen and oxygen atoms in total. The fourth-order valence-corrected chi connectivity index (χ4v) is 4.05. The first kappa shape index (κ1) is 24.8. The van der Waals surface area contributed by atoms with Gasteiger partial charge in [-0.1, -0.05) is 31.2 Å². The molecule has 2 rings (SSSR count). The summed E-state index contributed by atoms with van der Waals surface area (Å²) in [6.45, 7) is 9.94. The maximum absolute atomic E-state index is 12.0. The van der Waals surface area contributed by atoms with E-state index in [2.05, 4.69) is 0 Å². The molecule has 1 heterocycles. The lowest BCUT2D eigenvalue weighted by atomic mass is 9.80. The lowest BCUT2D eigenvalue weighted by Gasteiger charge is -2.51. The van der Waals surface area contributed by atoms with Crippen molar-refractivity contribution >= 4 is 17.6 Å². The minimum Gasteiger partial charge on any atom is -0.493 e. The second kappa shape index (κ2) is 10.2. The number of ketones is 2. The van der Waals surface area contributed by atoms with E-state index in [1.807, 2.05) is 46.8 Å². The van der Waals surface area contributed by atoms with Gasteiger partial charge in [0, 0.05) is 30.3 Å². The second-order valence-electron chi connectivity index (χ2n) is 9.20. The topological polar surface area (TPSA) is 76.1 Å². The third-order valence-electron chi connectivity index (χ3n) is 5.49. The minimum atomic E-state index is -0.528. The Balaban J connectivity index is 2.11. The van der Waals surface area contributed by atoms with E-state index in [1.165, 1.54) is 11.1 Å². The molecule has 0 amide bonds. The summed E-state index contributed by atoms with van der Waals surface area (Å²) in [6.07, 6.45) is 8.68. The molecule has 6 heteroatoms. The quantitative estimate of drug-likeness (QED) is 0.338. The van der Waals surface area contributed by atoms with Gasteiger partial charge in [-0.2, -0.15) is 5.06 Å². The number of hydrogen-bond donors (Lipinski definition) is 1. The fourth-order valence-electron chi connectivity index (χ4n) is 4.05. The number of Topliss-reactive ketones (excluding diaryl/α,β-unsaturated/α-hetero) is 1. The van der Waals surface area contributed by atoms with E-state index in [0.29, 0.717) is 24.3 Å². The lowest BCUT2D eigenvalue weighted by Crippen LogP contribution is -2.61. The summed E-state index contributed by atoms with van der Waals surface area (Å²) in [4.78, 5) is 23.8. The largest absolute Gasteiger partial charge is 0.493 e. The molecule has 1 N–H and O–H groups in total. The Bertz CT molecular complexity index is 835. The Kier molecular flexibility index (Phi) is 8.21. The van der Waals surface area contributed by atoms with Gasteiger partial charge in [0.15, 0.2) is 11.5 Å². The highest BCUT2D eigenvalue weighted by molar-refractivity contribution is 6.42. The van der Waals surface area contributed by atoms with Gasteiger partial charge in [0.05, 0.1) is 7.11 Å². The number of carbonyl (C=O) groups excluding carboxylic acids is 2. The molecule has 1 aromatic rings. The van der Waals surface area contributed by atoms with Crippen LogP contribution in [0.5, 0.6) is 11.5 Å². The van der Waals surface area contributed by atoms with Crippen molar-refractivity contribution in [1.29, 1.82) is 0 Å². The highest BCUT2D eigenvalue weighted by Crippen LogP contribution is 2.40. The van der Waals surface area contributed by atoms with Crippen molar-refractivity contribution in [3.8, 4) is 11.5 Å². The number of allylic oxidation sites excluding steroid dienone is 3. The number of piperidine rings is 1. The third-order valence-corrected chi connectivity index (χ3v) is 5.49. The normalized spacial score (nSPS) is 19.1. The number of hydrogen-bond acceptors (Lipinski definition) is 6. The van der Waals surface area contributed by atoms with E-state index in [1.54, 1.807) is 31.4 Å². The standard InChI is InChI=1S/C25H35NO5/c1-7-8-9-10-20(27)21(28)13-11-18-12-14-22(23(15-18)30-6)31-19-16-24(2,3)26(29)25(4,5)17-19/h8-9,11-15,19,29H,7,10,16-17H2,1-6H3/b9-8-,13-11+. The molecule has 0 bridgehead atoms. The molecule has 1 fully saturated rings. The zero-order valence-corrected chi connectivity index (χ0v) is 19.5. The number of ether oxygens (including phenoxy) is 2. The van der Waals surface area contributed by atoms with E-state index in [-0.39, 0.29) is 12.5 Å². The van der Waals surface area contributed by atoms with Gasteiger partial charge < -0.3 is 14.7 Å². The van der Waals surface area contributed by atoms with Crippen LogP contribution in [0.3, 0.4) is 0 Å². The van der Waals surface area contributed by atoms with Crippen LogP contribution in [-0.2, 0) is 9.59 Å². The summed E-state index contributed by atoms with van der Waals surface area (Å²) in [6, 6.07) is 5.40. The summed E-state index contributed by atoms with van der Waals surface area (Å²) in [7, 11) is 1.56. The average molecular weight is 430 g/mol.